The van der Waals surface area contributed by atoms with Crippen LogP contribution in [0.3, 0.4) is 0 Å². The van der Waals surface area contributed by atoms with Gasteiger partial charge in [-0.1, -0.05) is 11.2 Å². The number of rotatable bonds is 4. The maximum atomic E-state index is 12.1. The molecule has 0 saturated carbocycles. The standard InChI is InChI=1S/C19H26N4O4/c1-13-6-5-7-15(20-13)17-21-16(22-27-17)12-25-14-8-10-23(11-9-14)18(24)26-19(2,3)4/h5-7,14H,8-12H2,1-4H3. The van der Waals surface area contributed by atoms with E-state index in [0.717, 1.165) is 18.5 Å². The van der Waals surface area contributed by atoms with Crippen LogP contribution < -0.4 is 0 Å². The van der Waals surface area contributed by atoms with Crippen molar-refractivity contribution < 1.29 is 18.8 Å². The van der Waals surface area contributed by atoms with E-state index in [9.17, 15) is 4.79 Å². The summed E-state index contributed by atoms with van der Waals surface area (Å²) in [6.45, 7) is 9.01. The van der Waals surface area contributed by atoms with E-state index in [-0.39, 0.29) is 18.8 Å². The number of likely N-dealkylation sites (tertiary alicyclic amines) is 1. The predicted molar refractivity (Wildman–Crippen MR) is 97.9 cm³/mol. The number of aryl methyl sites for hydroxylation is 1. The van der Waals surface area contributed by atoms with Crippen molar-refractivity contribution in [3.8, 4) is 11.6 Å². The first-order valence-corrected chi connectivity index (χ1v) is 9.16. The van der Waals surface area contributed by atoms with Crippen molar-refractivity contribution in [1.29, 1.82) is 0 Å². The monoisotopic (exact) mass is 374 g/mol. The molecule has 0 aliphatic carbocycles. The molecule has 0 spiro atoms. The number of nitrogens with zero attached hydrogens (tertiary/aromatic N) is 4. The number of carbonyl (C=O) groups excluding carboxylic acids is 1. The van der Waals surface area contributed by atoms with E-state index in [2.05, 4.69) is 15.1 Å². The Balaban J connectivity index is 1.46. The summed E-state index contributed by atoms with van der Waals surface area (Å²) in [4.78, 5) is 22.5. The van der Waals surface area contributed by atoms with Crippen molar-refractivity contribution in [2.24, 2.45) is 0 Å². The van der Waals surface area contributed by atoms with E-state index in [1.54, 1.807) is 4.90 Å². The Labute approximate surface area is 158 Å². The maximum absolute atomic E-state index is 12.1. The van der Waals surface area contributed by atoms with Crippen LogP contribution in [-0.2, 0) is 16.1 Å². The minimum atomic E-state index is -0.479. The Kier molecular flexibility index (Phi) is 5.74. The number of carbonyl (C=O) groups is 1. The maximum Gasteiger partial charge on any atom is 0.410 e. The zero-order valence-corrected chi connectivity index (χ0v) is 16.3. The van der Waals surface area contributed by atoms with Gasteiger partial charge in [0, 0.05) is 18.8 Å². The first kappa shape index (κ1) is 19.3. The molecule has 0 atom stereocenters. The quantitative estimate of drug-likeness (QED) is 0.810. The summed E-state index contributed by atoms with van der Waals surface area (Å²) in [6, 6.07) is 5.64. The molecule has 8 heteroatoms. The lowest BCUT2D eigenvalue weighted by atomic mass is 10.1. The summed E-state index contributed by atoms with van der Waals surface area (Å²) >= 11 is 0. The van der Waals surface area contributed by atoms with Crippen LogP contribution in [0.25, 0.3) is 11.6 Å². The highest BCUT2D eigenvalue weighted by atomic mass is 16.6. The Hall–Kier alpha value is -2.48. The fourth-order valence-corrected chi connectivity index (χ4v) is 2.80. The first-order valence-electron chi connectivity index (χ1n) is 9.16. The number of piperidine rings is 1. The summed E-state index contributed by atoms with van der Waals surface area (Å²) < 4.78 is 16.6. The Bertz CT molecular complexity index is 776. The van der Waals surface area contributed by atoms with Gasteiger partial charge >= 0.3 is 6.09 Å². The zero-order valence-electron chi connectivity index (χ0n) is 16.3. The Morgan fingerprint density at radius 1 is 1.26 bits per heavy atom. The van der Waals surface area contributed by atoms with Crippen molar-refractivity contribution in [2.75, 3.05) is 13.1 Å². The summed E-state index contributed by atoms with van der Waals surface area (Å²) in [7, 11) is 0. The first-order chi connectivity index (χ1) is 12.8. The van der Waals surface area contributed by atoms with Crippen LogP contribution in [-0.4, -0.2) is 50.9 Å². The molecule has 0 radical (unpaired) electrons. The van der Waals surface area contributed by atoms with Crippen molar-refractivity contribution >= 4 is 6.09 Å². The molecule has 1 aliphatic rings. The number of hydrogen-bond acceptors (Lipinski definition) is 7. The van der Waals surface area contributed by atoms with Gasteiger partial charge < -0.3 is 18.9 Å². The van der Waals surface area contributed by atoms with Crippen LogP contribution in [0.1, 0.15) is 45.1 Å². The van der Waals surface area contributed by atoms with Gasteiger partial charge in [0.05, 0.1) is 6.10 Å². The van der Waals surface area contributed by atoms with E-state index in [4.69, 9.17) is 14.0 Å². The second kappa shape index (κ2) is 8.04. The number of aromatic nitrogens is 3. The van der Waals surface area contributed by atoms with Crippen LogP contribution >= 0.6 is 0 Å². The van der Waals surface area contributed by atoms with Crippen molar-refractivity contribution in [1.82, 2.24) is 20.0 Å². The highest BCUT2D eigenvalue weighted by Crippen LogP contribution is 2.19. The SMILES string of the molecule is Cc1cccc(-c2nc(COC3CCN(C(=O)OC(C)(C)C)CC3)no2)n1. The van der Waals surface area contributed by atoms with Gasteiger partial charge in [-0.2, -0.15) is 4.98 Å². The fraction of sp³-hybridized carbons (Fsp3) is 0.579. The van der Waals surface area contributed by atoms with Gasteiger partial charge in [-0.3, -0.25) is 0 Å². The number of ether oxygens (including phenoxy) is 2. The van der Waals surface area contributed by atoms with E-state index in [1.807, 2.05) is 45.9 Å². The molecule has 1 aliphatic heterocycles. The molecular weight excluding hydrogens is 348 g/mol. The highest BCUT2D eigenvalue weighted by molar-refractivity contribution is 5.68. The minimum absolute atomic E-state index is 0.0581. The molecule has 146 valence electrons. The Morgan fingerprint density at radius 3 is 2.67 bits per heavy atom. The molecular formula is C19H26N4O4. The van der Waals surface area contributed by atoms with Crippen molar-refractivity contribution in [2.45, 2.75) is 58.8 Å². The van der Waals surface area contributed by atoms with Crippen molar-refractivity contribution in [3.05, 3.63) is 29.7 Å². The number of hydrogen-bond donors (Lipinski definition) is 0. The average molecular weight is 374 g/mol. The minimum Gasteiger partial charge on any atom is -0.444 e. The smallest absolute Gasteiger partial charge is 0.410 e. The third kappa shape index (κ3) is 5.50. The predicted octanol–water partition coefficient (Wildman–Crippen LogP) is 3.36. The molecule has 1 fully saturated rings. The molecule has 27 heavy (non-hydrogen) atoms. The van der Waals surface area contributed by atoms with Crippen LogP contribution in [0.4, 0.5) is 4.79 Å². The number of pyridine rings is 1. The molecule has 1 amide bonds. The summed E-state index contributed by atoms with van der Waals surface area (Å²) in [5, 5.41) is 3.95. The second-order valence-electron chi connectivity index (χ2n) is 7.66. The van der Waals surface area contributed by atoms with Crippen molar-refractivity contribution in [3.63, 3.8) is 0 Å². The van der Waals surface area contributed by atoms with Gasteiger partial charge in [-0.05, 0) is 52.7 Å². The molecule has 3 rings (SSSR count). The molecule has 2 aromatic heterocycles. The molecule has 0 N–H and O–H groups in total. The molecule has 1 saturated heterocycles. The Morgan fingerprint density at radius 2 is 2.00 bits per heavy atom. The van der Waals surface area contributed by atoms with Crippen LogP contribution in [0, 0.1) is 6.92 Å². The molecule has 8 nitrogen and oxygen atoms in total. The van der Waals surface area contributed by atoms with E-state index in [1.165, 1.54) is 0 Å². The molecule has 0 aromatic carbocycles. The van der Waals surface area contributed by atoms with Gasteiger partial charge in [-0.15, -0.1) is 0 Å². The van der Waals surface area contributed by atoms with E-state index >= 15 is 0 Å². The van der Waals surface area contributed by atoms with Gasteiger partial charge in [0.15, 0.2) is 5.82 Å². The summed E-state index contributed by atoms with van der Waals surface area (Å²) in [6.07, 6.45) is 1.30. The third-order valence-corrected chi connectivity index (χ3v) is 4.12. The van der Waals surface area contributed by atoms with Crippen LogP contribution in [0.15, 0.2) is 22.7 Å². The van der Waals surface area contributed by atoms with Gasteiger partial charge in [0.2, 0.25) is 0 Å². The van der Waals surface area contributed by atoms with E-state index in [0.29, 0.717) is 30.5 Å². The molecule has 0 bridgehead atoms. The summed E-state index contributed by atoms with van der Waals surface area (Å²) in [5.41, 5.74) is 1.06. The fourth-order valence-electron chi connectivity index (χ4n) is 2.80. The topological polar surface area (TPSA) is 90.6 Å². The van der Waals surface area contributed by atoms with Crippen LogP contribution in [0.2, 0.25) is 0 Å². The average Bonchev–Trinajstić information content (AvgIpc) is 3.08. The van der Waals surface area contributed by atoms with Crippen LogP contribution in [0.5, 0.6) is 0 Å². The summed E-state index contributed by atoms with van der Waals surface area (Å²) in [5.74, 6) is 0.875. The lowest BCUT2D eigenvalue weighted by Crippen LogP contribution is -2.43. The largest absolute Gasteiger partial charge is 0.444 e. The van der Waals surface area contributed by atoms with Gasteiger partial charge in [-0.25, -0.2) is 9.78 Å². The molecule has 2 aromatic rings. The lowest BCUT2D eigenvalue weighted by Gasteiger charge is -2.33. The lowest BCUT2D eigenvalue weighted by molar-refractivity contribution is -0.0190. The van der Waals surface area contributed by atoms with Gasteiger partial charge in [0.25, 0.3) is 5.89 Å². The molecule has 0 unspecified atom stereocenters. The van der Waals surface area contributed by atoms with Gasteiger partial charge in [0.1, 0.15) is 17.9 Å². The molecule has 3 heterocycles. The highest BCUT2D eigenvalue weighted by Gasteiger charge is 2.27. The third-order valence-electron chi connectivity index (χ3n) is 4.12. The van der Waals surface area contributed by atoms with E-state index < -0.39 is 5.60 Å². The second-order valence-corrected chi connectivity index (χ2v) is 7.66. The normalized spacial score (nSPS) is 15.8. The number of amides is 1. The zero-order chi connectivity index (χ0) is 19.4.